The summed E-state index contributed by atoms with van der Waals surface area (Å²) in [4.78, 5) is 1.91. The van der Waals surface area contributed by atoms with Crippen molar-refractivity contribution in [2.24, 2.45) is 0 Å². The van der Waals surface area contributed by atoms with E-state index in [2.05, 4.69) is 10.3 Å². The summed E-state index contributed by atoms with van der Waals surface area (Å²) in [6.45, 7) is 3.58. The summed E-state index contributed by atoms with van der Waals surface area (Å²) in [6.07, 6.45) is 0.607. The molecule has 1 aromatic carbocycles. The maximum atomic E-state index is 9.06. The Kier molecular flexibility index (Phi) is 5.63. The topological polar surface area (TPSA) is 94.6 Å². The molecule has 21 heavy (non-hydrogen) atoms. The first-order valence-corrected chi connectivity index (χ1v) is 7.08. The molecule has 0 spiro atoms. The van der Waals surface area contributed by atoms with Gasteiger partial charge in [-0.25, -0.2) is 4.68 Å². The zero-order valence-corrected chi connectivity index (χ0v) is 12.2. The van der Waals surface area contributed by atoms with Gasteiger partial charge < -0.3 is 15.3 Å². The first-order valence-electron chi connectivity index (χ1n) is 7.08. The molecule has 0 radical (unpaired) electrons. The zero-order chi connectivity index (χ0) is 15.2. The standard InChI is InChI=1S/C14H22N4O3/c1-11-12(4-7-19)2-3-13-14(11)15-16-18(13)10-17(5-8-20)6-9-21/h2-3,19-21H,4-10H2,1H3. The molecule has 116 valence electrons. The van der Waals surface area contributed by atoms with E-state index in [0.717, 1.165) is 22.2 Å². The van der Waals surface area contributed by atoms with Crippen molar-refractivity contribution in [2.75, 3.05) is 32.9 Å². The van der Waals surface area contributed by atoms with Crippen LogP contribution in [0.15, 0.2) is 12.1 Å². The summed E-state index contributed by atoms with van der Waals surface area (Å²) in [5.74, 6) is 0. The average molecular weight is 294 g/mol. The van der Waals surface area contributed by atoms with Crippen LogP contribution in [0.3, 0.4) is 0 Å². The molecule has 3 N–H and O–H groups in total. The van der Waals surface area contributed by atoms with Gasteiger partial charge in [-0.05, 0) is 30.5 Å². The Bertz CT molecular complexity index is 579. The fourth-order valence-corrected chi connectivity index (χ4v) is 2.43. The van der Waals surface area contributed by atoms with Crippen molar-refractivity contribution in [3.05, 3.63) is 23.3 Å². The molecule has 0 unspecified atom stereocenters. The van der Waals surface area contributed by atoms with Gasteiger partial charge in [0.25, 0.3) is 0 Å². The molecular formula is C14H22N4O3. The molecule has 0 bridgehead atoms. The third-order valence-electron chi connectivity index (χ3n) is 3.60. The third-order valence-corrected chi connectivity index (χ3v) is 3.60. The van der Waals surface area contributed by atoms with Crippen molar-refractivity contribution >= 4 is 11.0 Å². The molecule has 0 saturated heterocycles. The molecule has 2 aromatic rings. The van der Waals surface area contributed by atoms with Crippen LogP contribution < -0.4 is 0 Å². The van der Waals surface area contributed by atoms with E-state index in [9.17, 15) is 0 Å². The molecule has 2 rings (SSSR count). The van der Waals surface area contributed by atoms with Crippen LogP contribution in [0.2, 0.25) is 0 Å². The Morgan fingerprint density at radius 3 is 2.43 bits per heavy atom. The van der Waals surface area contributed by atoms with Crippen LogP contribution >= 0.6 is 0 Å². The third kappa shape index (κ3) is 3.56. The normalized spacial score (nSPS) is 11.7. The quantitative estimate of drug-likeness (QED) is 0.609. The van der Waals surface area contributed by atoms with Gasteiger partial charge in [0.1, 0.15) is 5.52 Å². The van der Waals surface area contributed by atoms with Crippen LogP contribution in [-0.2, 0) is 13.1 Å². The summed E-state index contributed by atoms with van der Waals surface area (Å²) in [6, 6.07) is 3.93. The van der Waals surface area contributed by atoms with Crippen molar-refractivity contribution in [1.29, 1.82) is 0 Å². The molecule has 1 heterocycles. The number of aliphatic hydroxyl groups is 3. The van der Waals surface area contributed by atoms with E-state index in [1.807, 2.05) is 24.0 Å². The molecule has 0 aliphatic rings. The summed E-state index contributed by atoms with van der Waals surface area (Å²) in [7, 11) is 0. The van der Waals surface area contributed by atoms with E-state index in [4.69, 9.17) is 15.3 Å². The number of aliphatic hydroxyl groups excluding tert-OH is 3. The van der Waals surface area contributed by atoms with Crippen molar-refractivity contribution in [1.82, 2.24) is 19.9 Å². The average Bonchev–Trinajstić information content (AvgIpc) is 2.87. The summed E-state index contributed by atoms with van der Waals surface area (Å²) < 4.78 is 1.76. The van der Waals surface area contributed by atoms with Crippen LogP contribution in [-0.4, -0.2) is 68.1 Å². The minimum Gasteiger partial charge on any atom is -0.396 e. The second-order valence-corrected chi connectivity index (χ2v) is 4.99. The number of benzene rings is 1. The lowest BCUT2D eigenvalue weighted by Crippen LogP contribution is -2.32. The monoisotopic (exact) mass is 294 g/mol. The highest BCUT2D eigenvalue weighted by Gasteiger charge is 2.12. The number of rotatable bonds is 8. The number of fused-ring (bicyclic) bond motifs is 1. The van der Waals surface area contributed by atoms with Gasteiger partial charge in [0.2, 0.25) is 0 Å². The lowest BCUT2D eigenvalue weighted by Gasteiger charge is -2.20. The van der Waals surface area contributed by atoms with Gasteiger partial charge in [-0.3, -0.25) is 4.90 Å². The van der Waals surface area contributed by atoms with Gasteiger partial charge in [-0.2, -0.15) is 0 Å². The SMILES string of the molecule is Cc1c(CCO)ccc2c1nnn2CN(CCO)CCO. The molecule has 7 nitrogen and oxygen atoms in total. The molecule has 1 aromatic heterocycles. The number of hydrogen-bond acceptors (Lipinski definition) is 6. The minimum absolute atomic E-state index is 0.0340. The van der Waals surface area contributed by atoms with Gasteiger partial charge in [-0.1, -0.05) is 11.3 Å². The number of nitrogens with zero attached hydrogens (tertiary/aromatic N) is 4. The lowest BCUT2D eigenvalue weighted by atomic mass is 10.0. The summed E-state index contributed by atoms with van der Waals surface area (Å²) in [5.41, 5.74) is 3.84. The number of aromatic nitrogens is 3. The van der Waals surface area contributed by atoms with E-state index in [-0.39, 0.29) is 19.8 Å². The van der Waals surface area contributed by atoms with E-state index in [1.165, 1.54) is 0 Å². The summed E-state index contributed by atoms with van der Waals surface area (Å²) >= 11 is 0. The van der Waals surface area contributed by atoms with Crippen LogP contribution in [0.4, 0.5) is 0 Å². The predicted octanol–water partition coefficient (Wildman–Crippen LogP) is -0.481. The van der Waals surface area contributed by atoms with Gasteiger partial charge in [0.05, 0.1) is 25.4 Å². The lowest BCUT2D eigenvalue weighted by molar-refractivity contribution is 0.130. The molecular weight excluding hydrogens is 272 g/mol. The van der Waals surface area contributed by atoms with Crippen LogP contribution in [0.5, 0.6) is 0 Å². The zero-order valence-electron chi connectivity index (χ0n) is 12.2. The molecule has 0 aliphatic carbocycles. The maximum Gasteiger partial charge on any atom is 0.116 e. The molecule has 7 heteroatoms. The van der Waals surface area contributed by atoms with Crippen molar-refractivity contribution in [2.45, 2.75) is 20.0 Å². The highest BCUT2D eigenvalue weighted by atomic mass is 16.3. The highest BCUT2D eigenvalue weighted by molar-refractivity contribution is 5.79. The Balaban J connectivity index is 2.27. The van der Waals surface area contributed by atoms with Crippen molar-refractivity contribution in [3.63, 3.8) is 0 Å². The van der Waals surface area contributed by atoms with Crippen molar-refractivity contribution < 1.29 is 15.3 Å². The first-order chi connectivity index (χ1) is 10.2. The number of hydrogen-bond donors (Lipinski definition) is 3. The minimum atomic E-state index is 0.0340. The van der Waals surface area contributed by atoms with E-state index in [0.29, 0.717) is 26.2 Å². The Morgan fingerprint density at radius 1 is 1.10 bits per heavy atom. The Morgan fingerprint density at radius 2 is 1.81 bits per heavy atom. The molecule has 0 atom stereocenters. The fraction of sp³-hybridized carbons (Fsp3) is 0.571. The fourth-order valence-electron chi connectivity index (χ4n) is 2.43. The van der Waals surface area contributed by atoms with Crippen LogP contribution in [0.25, 0.3) is 11.0 Å². The first kappa shape index (κ1) is 15.8. The van der Waals surface area contributed by atoms with E-state index in [1.54, 1.807) is 4.68 Å². The van der Waals surface area contributed by atoms with Gasteiger partial charge >= 0.3 is 0 Å². The molecule has 0 saturated carbocycles. The number of aryl methyl sites for hydroxylation is 1. The highest BCUT2D eigenvalue weighted by Crippen LogP contribution is 2.20. The second kappa shape index (κ2) is 7.46. The smallest absolute Gasteiger partial charge is 0.116 e. The Hall–Kier alpha value is -1.54. The van der Waals surface area contributed by atoms with Gasteiger partial charge in [-0.15, -0.1) is 5.10 Å². The molecule has 0 amide bonds. The molecule has 0 fully saturated rings. The largest absolute Gasteiger partial charge is 0.396 e. The van der Waals surface area contributed by atoms with Crippen LogP contribution in [0.1, 0.15) is 11.1 Å². The van der Waals surface area contributed by atoms with Gasteiger partial charge in [0, 0.05) is 19.7 Å². The van der Waals surface area contributed by atoms with E-state index >= 15 is 0 Å². The van der Waals surface area contributed by atoms with Gasteiger partial charge in [0.15, 0.2) is 0 Å². The Labute approximate surface area is 123 Å². The molecule has 0 aliphatic heterocycles. The maximum absolute atomic E-state index is 9.06. The van der Waals surface area contributed by atoms with Crippen LogP contribution in [0, 0.1) is 6.92 Å². The predicted molar refractivity (Wildman–Crippen MR) is 78.8 cm³/mol. The second-order valence-electron chi connectivity index (χ2n) is 4.99. The van der Waals surface area contributed by atoms with Crippen molar-refractivity contribution in [3.8, 4) is 0 Å². The van der Waals surface area contributed by atoms with E-state index < -0.39 is 0 Å². The summed E-state index contributed by atoms with van der Waals surface area (Å²) in [5, 5.41) is 35.5.